The average molecular weight is 333 g/mol. The highest BCUT2D eigenvalue weighted by Gasteiger charge is 2.27. The molecule has 1 saturated carbocycles. The van der Waals surface area contributed by atoms with Gasteiger partial charge in [-0.1, -0.05) is 24.4 Å². The van der Waals surface area contributed by atoms with E-state index < -0.39 is 35.6 Å². The smallest absolute Gasteiger partial charge is 0.313 e. The van der Waals surface area contributed by atoms with Gasteiger partial charge in [-0.05, 0) is 18.9 Å². The fourth-order valence-electron chi connectivity index (χ4n) is 2.31. The number of aliphatic hydroxyl groups is 1. The summed E-state index contributed by atoms with van der Waals surface area (Å²) in [6, 6.07) is 0.903. The Morgan fingerprint density at radius 1 is 1.14 bits per heavy atom. The van der Waals surface area contributed by atoms with Crippen molar-refractivity contribution in [3.63, 3.8) is 0 Å². The summed E-state index contributed by atoms with van der Waals surface area (Å²) in [5, 5.41) is 14.1. The van der Waals surface area contributed by atoms with Crippen molar-refractivity contribution < 1.29 is 23.5 Å². The molecule has 2 rings (SSSR count). The Morgan fingerprint density at radius 2 is 1.77 bits per heavy atom. The number of halogens is 3. The van der Waals surface area contributed by atoms with Crippen LogP contribution in [0, 0.1) is 11.6 Å². The molecule has 0 radical (unpaired) electrons. The van der Waals surface area contributed by atoms with Crippen LogP contribution in [0.3, 0.4) is 0 Å². The molecular formula is C14H15ClF2N2O3. The van der Waals surface area contributed by atoms with Crippen LogP contribution in [0.4, 0.5) is 14.5 Å². The van der Waals surface area contributed by atoms with Crippen molar-refractivity contribution in [2.24, 2.45) is 0 Å². The quantitative estimate of drug-likeness (QED) is 0.572. The summed E-state index contributed by atoms with van der Waals surface area (Å²) in [6.07, 6.45) is 2.15. The largest absolute Gasteiger partial charge is 0.391 e. The molecule has 1 aliphatic carbocycles. The SMILES string of the molecule is O=C(Nc1cc(F)c(F)cc1Cl)C(=O)NC1CCCCC1O. The molecule has 22 heavy (non-hydrogen) atoms. The van der Waals surface area contributed by atoms with Crippen LogP contribution >= 0.6 is 11.6 Å². The van der Waals surface area contributed by atoms with Crippen LogP contribution in [0.2, 0.25) is 5.02 Å². The highest BCUT2D eigenvalue weighted by Crippen LogP contribution is 2.24. The summed E-state index contributed by atoms with van der Waals surface area (Å²) >= 11 is 5.67. The lowest BCUT2D eigenvalue weighted by atomic mass is 9.92. The predicted octanol–water partition coefficient (Wildman–Crippen LogP) is 1.98. The molecule has 0 aromatic heterocycles. The summed E-state index contributed by atoms with van der Waals surface area (Å²) < 4.78 is 26.0. The monoisotopic (exact) mass is 332 g/mol. The highest BCUT2D eigenvalue weighted by atomic mass is 35.5. The van der Waals surface area contributed by atoms with Crippen molar-refractivity contribution in [3.05, 3.63) is 28.8 Å². The Balaban J connectivity index is 1.99. The highest BCUT2D eigenvalue weighted by molar-refractivity contribution is 6.41. The van der Waals surface area contributed by atoms with E-state index in [1.165, 1.54) is 0 Å². The fraction of sp³-hybridized carbons (Fsp3) is 0.429. The van der Waals surface area contributed by atoms with E-state index in [2.05, 4.69) is 10.6 Å². The number of benzene rings is 1. The molecule has 5 nitrogen and oxygen atoms in total. The molecule has 0 spiro atoms. The minimum atomic E-state index is -1.19. The van der Waals surface area contributed by atoms with Gasteiger partial charge in [0.05, 0.1) is 22.9 Å². The molecule has 120 valence electrons. The lowest BCUT2D eigenvalue weighted by Crippen LogP contribution is -2.48. The van der Waals surface area contributed by atoms with E-state index >= 15 is 0 Å². The predicted molar refractivity (Wildman–Crippen MR) is 76.4 cm³/mol. The molecule has 0 saturated heterocycles. The zero-order valence-corrected chi connectivity index (χ0v) is 12.3. The summed E-state index contributed by atoms with van der Waals surface area (Å²) in [7, 11) is 0. The number of rotatable bonds is 2. The first-order chi connectivity index (χ1) is 10.4. The molecule has 3 N–H and O–H groups in total. The van der Waals surface area contributed by atoms with Gasteiger partial charge in [0.2, 0.25) is 0 Å². The Kier molecular flexibility index (Phi) is 5.31. The van der Waals surface area contributed by atoms with E-state index in [4.69, 9.17) is 11.6 Å². The summed E-state index contributed by atoms with van der Waals surface area (Å²) in [6.45, 7) is 0. The Hall–Kier alpha value is -1.73. The van der Waals surface area contributed by atoms with E-state index in [1.807, 2.05) is 0 Å². The van der Waals surface area contributed by atoms with Gasteiger partial charge in [-0.25, -0.2) is 8.78 Å². The lowest BCUT2D eigenvalue weighted by molar-refractivity contribution is -0.137. The van der Waals surface area contributed by atoms with Gasteiger partial charge in [-0.2, -0.15) is 0 Å². The molecular weight excluding hydrogens is 318 g/mol. The molecule has 1 aliphatic rings. The molecule has 0 heterocycles. The molecule has 2 amide bonds. The molecule has 2 unspecified atom stereocenters. The van der Waals surface area contributed by atoms with Gasteiger partial charge in [0.1, 0.15) is 0 Å². The Labute approximate surface area is 130 Å². The van der Waals surface area contributed by atoms with Crippen molar-refractivity contribution in [1.29, 1.82) is 0 Å². The first-order valence-corrected chi connectivity index (χ1v) is 7.20. The maximum absolute atomic E-state index is 13.1. The van der Waals surface area contributed by atoms with Gasteiger partial charge < -0.3 is 15.7 Å². The van der Waals surface area contributed by atoms with Gasteiger partial charge in [0.15, 0.2) is 11.6 Å². The number of nitrogens with one attached hydrogen (secondary N) is 2. The molecule has 1 aromatic rings. The Bertz CT molecular complexity index is 598. The van der Waals surface area contributed by atoms with Crippen molar-refractivity contribution in [3.8, 4) is 0 Å². The minimum absolute atomic E-state index is 0.204. The number of carbonyl (C=O) groups is 2. The minimum Gasteiger partial charge on any atom is -0.391 e. The van der Waals surface area contributed by atoms with Crippen LogP contribution in [-0.4, -0.2) is 29.1 Å². The van der Waals surface area contributed by atoms with E-state index in [9.17, 15) is 23.5 Å². The summed E-state index contributed by atoms with van der Waals surface area (Å²) in [4.78, 5) is 23.5. The number of amides is 2. The van der Waals surface area contributed by atoms with Crippen molar-refractivity contribution in [2.45, 2.75) is 37.8 Å². The zero-order chi connectivity index (χ0) is 16.3. The van der Waals surface area contributed by atoms with Crippen LogP contribution in [-0.2, 0) is 9.59 Å². The average Bonchev–Trinajstić information content (AvgIpc) is 2.47. The van der Waals surface area contributed by atoms with Crippen LogP contribution in [0.1, 0.15) is 25.7 Å². The zero-order valence-electron chi connectivity index (χ0n) is 11.5. The first-order valence-electron chi connectivity index (χ1n) is 6.83. The standard InChI is InChI=1S/C14H15ClF2N2O3/c15-7-5-8(16)9(17)6-11(7)19-14(22)13(21)18-10-3-1-2-4-12(10)20/h5-6,10,12,20H,1-4H2,(H,18,21)(H,19,22). The van der Waals surface area contributed by atoms with Gasteiger partial charge >= 0.3 is 11.8 Å². The van der Waals surface area contributed by atoms with E-state index in [0.29, 0.717) is 25.0 Å². The van der Waals surface area contributed by atoms with E-state index in [1.54, 1.807) is 0 Å². The van der Waals surface area contributed by atoms with Crippen LogP contribution < -0.4 is 10.6 Å². The van der Waals surface area contributed by atoms with E-state index in [-0.39, 0.29) is 10.7 Å². The molecule has 2 atom stereocenters. The third-order valence-electron chi connectivity index (χ3n) is 3.51. The molecule has 0 aliphatic heterocycles. The second kappa shape index (κ2) is 7.02. The first kappa shape index (κ1) is 16.6. The molecule has 1 fully saturated rings. The molecule has 1 aromatic carbocycles. The van der Waals surface area contributed by atoms with Crippen LogP contribution in [0.15, 0.2) is 12.1 Å². The van der Waals surface area contributed by atoms with Gasteiger partial charge in [-0.15, -0.1) is 0 Å². The summed E-state index contributed by atoms with van der Waals surface area (Å²) in [5.74, 6) is -4.38. The number of anilines is 1. The summed E-state index contributed by atoms with van der Waals surface area (Å²) in [5.41, 5.74) is -0.204. The van der Waals surface area contributed by atoms with Crippen molar-refractivity contribution in [1.82, 2.24) is 5.32 Å². The van der Waals surface area contributed by atoms with Crippen LogP contribution in [0.5, 0.6) is 0 Å². The second-order valence-corrected chi connectivity index (χ2v) is 5.54. The molecule has 0 bridgehead atoms. The lowest BCUT2D eigenvalue weighted by Gasteiger charge is -2.28. The third kappa shape index (κ3) is 3.92. The molecule has 8 heteroatoms. The van der Waals surface area contributed by atoms with Crippen molar-refractivity contribution >= 4 is 29.1 Å². The number of hydrogen-bond acceptors (Lipinski definition) is 3. The second-order valence-electron chi connectivity index (χ2n) is 5.13. The Morgan fingerprint density at radius 3 is 2.45 bits per heavy atom. The topological polar surface area (TPSA) is 78.4 Å². The number of hydrogen-bond donors (Lipinski definition) is 3. The van der Waals surface area contributed by atoms with Gasteiger partial charge in [0.25, 0.3) is 0 Å². The maximum Gasteiger partial charge on any atom is 0.313 e. The fourth-order valence-corrected chi connectivity index (χ4v) is 2.51. The maximum atomic E-state index is 13.1. The normalized spacial score (nSPS) is 21.3. The number of carbonyl (C=O) groups excluding carboxylic acids is 2. The van der Waals surface area contributed by atoms with Gasteiger partial charge in [0, 0.05) is 6.07 Å². The third-order valence-corrected chi connectivity index (χ3v) is 3.82. The van der Waals surface area contributed by atoms with Crippen molar-refractivity contribution in [2.75, 3.05) is 5.32 Å². The van der Waals surface area contributed by atoms with Gasteiger partial charge in [-0.3, -0.25) is 9.59 Å². The van der Waals surface area contributed by atoms with E-state index in [0.717, 1.165) is 12.8 Å². The number of aliphatic hydroxyl groups excluding tert-OH is 1. The van der Waals surface area contributed by atoms with Crippen LogP contribution in [0.25, 0.3) is 0 Å².